The third kappa shape index (κ3) is 3.67. The van der Waals surface area contributed by atoms with E-state index >= 15 is 0 Å². The average molecular weight is 362 g/mol. The Balaban J connectivity index is 1.76. The minimum atomic E-state index is -4.53. The Bertz CT molecular complexity index is 807. The van der Waals surface area contributed by atoms with Gasteiger partial charge in [-0.1, -0.05) is 0 Å². The van der Waals surface area contributed by atoms with Gasteiger partial charge in [-0.05, 0) is 36.4 Å². The van der Waals surface area contributed by atoms with E-state index in [1.165, 1.54) is 6.07 Å². The topological polar surface area (TPSA) is 52.4 Å². The lowest BCUT2D eigenvalue weighted by molar-refractivity contribution is -0.141. The number of alkyl halides is 3. The molecule has 0 unspecified atom stereocenters. The molecular formula is C18H17F3N4O. The monoisotopic (exact) mass is 362 g/mol. The zero-order valence-electron chi connectivity index (χ0n) is 14.1. The molecule has 0 N–H and O–H groups in total. The van der Waals surface area contributed by atoms with Gasteiger partial charge < -0.3 is 14.5 Å². The third-order valence-electron chi connectivity index (χ3n) is 4.30. The third-order valence-corrected chi connectivity index (χ3v) is 4.30. The summed E-state index contributed by atoms with van der Waals surface area (Å²) in [5.74, 6) is 0.857. The number of hydrogen-bond acceptors (Lipinski definition) is 5. The summed E-state index contributed by atoms with van der Waals surface area (Å²) in [5.41, 5.74) is 0.183. The summed E-state index contributed by atoms with van der Waals surface area (Å²) in [6.45, 7) is 2.20. The molecule has 1 aromatic carbocycles. The van der Waals surface area contributed by atoms with Gasteiger partial charge in [-0.2, -0.15) is 18.4 Å². The summed E-state index contributed by atoms with van der Waals surface area (Å²) in [5, 5.41) is 9.20. The number of ether oxygens (including phenoxy) is 1. The van der Waals surface area contributed by atoms with Crippen LogP contribution in [-0.2, 0) is 6.18 Å². The molecule has 8 heteroatoms. The summed E-state index contributed by atoms with van der Waals surface area (Å²) in [6.07, 6.45) is -4.53. The van der Waals surface area contributed by atoms with Crippen LogP contribution in [0.4, 0.5) is 24.7 Å². The van der Waals surface area contributed by atoms with Crippen LogP contribution in [0.15, 0.2) is 36.4 Å². The molecule has 2 aromatic rings. The molecule has 1 fully saturated rings. The number of benzene rings is 1. The van der Waals surface area contributed by atoms with Crippen LogP contribution in [-0.4, -0.2) is 38.3 Å². The van der Waals surface area contributed by atoms with Crippen LogP contribution in [0, 0.1) is 11.3 Å². The van der Waals surface area contributed by atoms with Crippen LogP contribution < -0.4 is 14.5 Å². The van der Waals surface area contributed by atoms with E-state index in [0.717, 1.165) is 17.5 Å². The van der Waals surface area contributed by atoms with Gasteiger partial charge in [-0.15, -0.1) is 0 Å². The van der Waals surface area contributed by atoms with E-state index in [-0.39, 0.29) is 11.4 Å². The second-order valence-corrected chi connectivity index (χ2v) is 5.85. The lowest BCUT2D eigenvalue weighted by Crippen LogP contribution is -2.47. The van der Waals surface area contributed by atoms with Crippen molar-refractivity contribution < 1.29 is 17.9 Å². The van der Waals surface area contributed by atoms with Crippen molar-refractivity contribution in [3.8, 4) is 11.8 Å². The van der Waals surface area contributed by atoms with E-state index in [1.54, 1.807) is 12.0 Å². The number of methoxy groups -OCH3 is 1. The zero-order chi connectivity index (χ0) is 18.7. The van der Waals surface area contributed by atoms with Gasteiger partial charge in [0.15, 0.2) is 0 Å². The quantitative estimate of drug-likeness (QED) is 0.839. The highest BCUT2D eigenvalue weighted by atomic mass is 19.4. The van der Waals surface area contributed by atoms with Crippen molar-refractivity contribution in [3.63, 3.8) is 0 Å². The lowest BCUT2D eigenvalue weighted by Gasteiger charge is -2.37. The standard InChI is InChI=1S/C18H17F3N4O/c1-26-15-5-3-14(4-6-15)24-8-10-25(11-9-24)17-13(12-22)2-7-16(23-17)18(19,20)21/h2-7H,8-11H2,1H3. The van der Waals surface area contributed by atoms with Crippen LogP contribution in [0.2, 0.25) is 0 Å². The van der Waals surface area contributed by atoms with E-state index in [1.807, 2.05) is 30.3 Å². The number of aromatic nitrogens is 1. The largest absolute Gasteiger partial charge is 0.497 e. The van der Waals surface area contributed by atoms with Gasteiger partial charge in [0.25, 0.3) is 0 Å². The van der Waals surface area contributed by atoms with Gasteiger partial charge in [-0.25, -0.2) is 4.98 Å². The first-order valence-corrected chi connectivity index (χ1v) is 8.04. The molecule has 1 aliphatic heterocycles. The number of halogens is 3. The summed E-state index contributed by atoms with van der Waals surface area (Å²) in [4.78, 5) is 7.57. The minimum absolute atomic E-state index is 0.0942. The molecular weight excluding hydrogens is 345 g/mol. The Labute approximate surface area is 149 Å². The smallest absolute Gasteiger partial charge is 0.433 e. The van der Waals surface area contributed by atoms with Crippen molar-refractivity contribution in [2.75, 3.05) is 43.1 Å². The fourth-order valence-electron chi connectivity index (χ4n) is 2.90. The van der Waals surface area contributed by atoms with Crippen molar-refractivity contribution in [1.29, 1.82) is 5.26 Å². The minimum Gasteiger partial charge on any atom is -0.497 e. The summed E-state index contributed by atoms with van der Waals surface area (Å²) >= 11 is 0. The normalized spacial score (nSPS) is 14.9. The van der Waals surface area contributed by atoms with Gasteiger partial charge in [0, 0.05) is 31.9 Å². The number of rotatable bonds is 3. The predicted octanol–water partition coefficient (Wildman–Crippen LogP) is 3.31. The molecule has 2 heterocycles. The van der Waals surface area contributed by atoms with E-state index < -0.39 is 11.9 Å². The number of anilines is 2. The summed E-state index contributed by atoms with van der Waals surface area (Å²) in [6, 6.07) is 11.6. The van der Waals surface area contributed by atoms with Crippen LogP contribution in [0.1, 0.15) is 11.3 Å². The van der Waals surface area contributed by atoms with Crippen LogP contribution >= 0.6 is 0 Å². The molecule has 5 nitrogen and oxygen atoms in total. The molecule has 0 aliphatic carbocycles. The first-order valence-electron chi connectivity index (χ1n) is 8.04. The predicted molar refractivity (Wildman–Crippen MR) is 91.4 cm³/mol. The molecule has 0 atom stereocenters. The maximum absolute atomic E-state index is 12.9. The lowest BCUT2D eigenvalue weighted by atomic mass is 10.2. The fourth-order valence-corrected chi connectivity index (χ4v) is 2.90. The number of nitrogens with zero attached hydrogens (tertiary/aromatic N) is 4. The first-order chi connectivity index (χ1) is 12.4. The number of hydrogen-bond donors (Lipinski definition) is 0. The van der Waals surface area contributed by atoms with Gasteiger partial charge in [0.05, 0.1) is 12.7 Å². The van der Waals surface area contributed by atoms with Crippen LogP contribution in [0.25, 0.3) is 0 Å². The van der Waals surface area contributed by atoms with Crippen LogP contribution in [0.5, 0.6) is 5.75 Å². The number of pyridine rings is 1. The van der Waals surface area contributed by atoms with Crippen LogP contribution in [0.3, 0.4) is 0 Å². The fraction of sp³-hybridized carbons (Fsp3) is 0.333. The molecule has 0 bridgehead atoms. The maximum atomic E-state index is 12.9. The van der Waals surface area contributed by atoms with Gasteiger partial charge in [0.2, 0.25) is 0 Å². The highest BCUT2D eigenvalue weighted by Gasteiger charge is 2.34. The SMILES string of the molecule is COc1ccc(N2CCN(c3nc(C(F)(F)F)ccc3C#N)CC2)cc1. The van der Waals surface area contributed by atoms with E-state index in [9.17, 15) is 18.4 Å². The highest BCUT2D eigenvalue weighted by Crippen LogP contribution is 2.31. The van der Waals surface area contributed by atoms with Gasteiger partial charge in [0.1, 0.15) is 23.3 Å². The highest BCUT2D eigenvalue weighted by molar-refractivity contribution is 5.57. The van der Waals surface area contributed by atoms with E-state index in [0.29, 0.717) is 26.2 Å². The van der Waals surface area contributed by atoms with Crippen molar-refractivity contribution >= 4 is 11.5 Å². The van der Waals surface area contributed by atoms with Crippen molar-refractivity contribution in [2.45, 2.75) is 6.18 Å². The number of piperazine rings is 1. The first kappa shape index (κ1) is 17.9. The Hall–Kier alpha value is -2.95. The molecule has 26 heavy (non-hydrogen) atoms. The molecule has 0 amide bonds. The maximum Gasteiger partial charge on any atom is 0.433 e. The van der Waals surface area contributed by atoms with E-state index in [2.05, 4.69) is 9.88 Å². The Morgan fingerprint density at radius 3 is 2.15 bits per heavy atom. The van der Waals surface area contributed by atoms with Crippen molar-refractivity contribution in [3.05, 3.63) is 47.7 Å². The Kier molecular flexibility index (Phi) is 4.89. The second-order valence-electron chi connectivity index (χ2n) is 5.85. The van der Waals surface area contributed by atoms with Crippen molar-refractivity contribution in [2.24, 2.45) is 0 Å². The molecule has 136 valence electrons. The molecule has 3 rings (SSSR count). The number of nitriles is 1. The van der Waals surface area contributed by atoms with Gasteiger partial charge in [-0.3, -0.25) is 0 Å². The zero-order valence-corrected chi connectivity index (χ0v) is 14.1. The second kappa shape index (κ2) is 7.12. The van der Waals surface area contributed by atoms with Gasteiger partial charge >= 0.3 is 6.18 Å². The molecule has 1 aliphatic rings. The van der Waals surface area contributed by atoms with E-state index in [4.69, 9.17) is 4.74 Å². The average Bonchev–Trinajstić information content (AvgIpc) is 2.67. The molecule has 1 saturated heterocycles. The molecule has 0 radical (unpaired) electrons. The summed E-state index contributed by atoms with van der Waals surface area (Å²) < 4.78 is 43.9. The Morgan fingerprint density at radius 2 is 1.62 bits per heavy atom. The molecule has 1 aromatic heterocycles. The van der Waals surface area contributed by atoms with Crippen molar-refractivity contribution in [1.82, 2.24) is 4.98 Å². The summed E-state index contributed by atoms with van der Waals surface area (Å²) in [7, 11) is 1.60. The molecule has 0 spiro atoms. The molecule has 0 saturated carbocycles. The Morgan fingerprint density at radius 1 is 1.00 bits per heavy atom.